The Morgan fingerprint density at radius 2 is 1.93 bits per heavy atom. The minimum Gasteiger partial charge on any atom is -0.268 e. The molecule has 1 aromatic heterocycles. The minimum atomic E-state index is -0.0501. The average Bonchev–Trinajstić information content (AvgIpc) is 2.73. The first-order valence-corrected chi connectivity index (χ1v) is 6.52. The summed E-state index contributed by atoms with van der Waals surface area (Å²) in [5, 5.41) is 0. The van der Waals surface area contributed by atoms with Gasteiger partial charge in [-0.2, -0.15) is 0 Å². The molecule has 0 radical (unpaired) electrons. The fourth-order valence-electron chi connectivity index (χ4n) is 3.00. The maximum atomic E-state index is 12.3. The van der Waals surface area contributed by atoms with Crippen molar-refractivity contribution in [3.05, 3.63) is 20.8 Å². The number of rotatable bonds is 0. The van der Waals surface area contributed by atoms with Crippen molar-refractivity contribution in [3.8, 4) is 0 Å². The van der Waals surface area contributed by atoms with Crippen molar-refractivity contribution in [1.29, 1.82) is 0 Å². The van der Waals surface area contributed by atoms with Crippen molar-refractivity contribution in [1.82, 2.24) is 3.96 Å². The summed E-state index contributed by atoms with van der Waals surface area (Å²) < 4.78 is 1.97. The molecule has 2 unspecified atom stereocenters. The molecule has 2 atom stereocenters. The van der Waals surface area contributed by atoms with E-state index in [9.17, 15) is 4.79 Å². The second-order valence-electron chi connectivity index (χ2n) is 5.85. The standard InChI is InChI=1S/C12H17NOS/c1-12(2,3)13-11(14)9-7-4-5-8(6-7)10(9)15-13/h7-8H,4-6H2,1-3H3. The average molecular weight is 223 g/mol. The molecule has 1 fully saturated rings. The molecule has 0 spiro atoms. The molecule has 1 heterocycles. The monoisotopic (exact) mass is 223 g/mol. The van der Waals surface area contributed by atoms with E-state index >= 15 is 0 Å². The van der Waals surface area contributed by atoms with E-state index in [4.69, 9.17) is 0 Å². The lowest BCUT2D eigenvalue weighted by Crippen LogP contribution is -2.30. The SMILES string of the molecule is CC(C)(C)n1sc2c(c1=O)C1CCC2C1. The topological polar surface area (TPSA) is 22.0 Å². The van der Waals surface area contributed by atoms with Crippen LogP contribution in [0.15, 0.2) is 4.79 Å². The van der Waals surface area contributed by atoms with Gasteiger partial charge in [-0.1, -0.05) is 11.5 Å². The maximum Gasteiger partial charge on any atom is 0.264 e. The van der Waals surface area contributed by atoms with Crippen LogP contribution in [-0.4, -0.2) is 3.96 Å². The number of nitrogens with zero attached hydrogens (tertiary/aromatic N) is 1. The Bertz CT molecular complexity index is 463. The van der Waals surface area contributed by atoms with Crippen LogP contribution in [0.1, 0.15) is 62.3 Å². The molecule has 0 amide bonds. The van der Waals surface area contributed by atoms with Crippen molar-refractivity contribution in [2.24, 2.45) is 0 Å². The predicted molar refractivity (Wildman–Crippen MR) is 62.9 cm³/mol. The van der Waals surface area contributed by atoms with Crippen molar-refractivity contribution in [2.75, 3.05) is 0 Å². The van der Waals surface area contributed by atoms with Gasteiger partial charge in [-0.3, -0.25) is 8.75 Å². The van der Waals surface area contributed by atoms with Gasteiger partial charge in [0.15, 0.2) is 0 Å². The second-order valence-corrected chi connectivity index (χ2v) is 6.83. The van der Waals surface area contributed by atoms with Gasteiger partial charge in [0.1, 0.15) is 0 Å². The first kappa shape index (κ1) is 9.64. The zero-order valence-corrected chi connectivity index (χ0v) is 10.4. The molecule has 1 aromatic rings. The summed E-state index contributed by atoms with van der Waals surface area (Å²) in [5.74, 6) is 1.31. The van der Waals surface area contributed by atoms with E-state index < -0.39 is 0 Å². The molecule has 0 aromatic carbocycles. The lowest BCUT2D eigenvalue weighted by atomic mass is 9.99. The fourth-order valence-corrected chi connectivity index (χ4v) is 4.36. The first-order chi connectivity index (χ1) is 6.98. The van der Waals surface area contributed by atoms with E-state index in [2.05, 4.69) is 20.8 Å². The normalized spacial score (nSPS) is 28.5. The van der Waals surface area contributed by atoms with Gasteiger partial charge in [-0.15, -0.1) is 0 Å². The van der Waals surface area contributed by atoms with Crippen LogP contribution >= 0.6 is 11.5 Å². The minimum absolute atomic E-state index is 0.0501. The Labute approximate surface area is 94.1 Å². The molecule has 2 aliphatic carbocycles. The number of hydrogen-bond acceptors (Lipinski definition) is 2. The van der Waals surface area contributed by atoms with Gasteiger partial charge in [0.05, 0.1) is 5.54 Å². The van der Waals surface area contributed by atoms with E-state index in [1.807, 2.05) is 3.96 Å². The van der Waals surface area contributed by atoms with Gasteiger partial charge in [0, 0.05) is 10.4 Å². The van der Waals surface area contributed by atoms with Gasteiger partial charge in [-0.25, -0.2) is 0 Å². The highest BCUT2D eigenvalue weighted by Crippen LogP contribution is 2.53. The van der Waals surface area contributed by atoms with Crippen LogP contribution in [0.2, 0.25) is 0 Å². The lowest BCUT2D eigenvalue weighted by Gasteiger charge is -2.18. The second kappa shape index (κ2) is 2.76. The molecule has 2 nitrogen and oxygen atoms in total. The van der Waals surface area contributed by atoms with Gasteiger partial charge in [0.2, 0.25) is 0 Å². The van der Waals surface area contributed by atoms with Crippen LogP contribution in [0.3, 0.4) is 0 Å². The smallest absolute Gasteiger partial charge is 0.264 e. The predicted octanol–water partition coefficient (Wildman–Crippen LogP) is 3.03. The van der Waals surface area contributed by atoms with Gasteiger partial charge >= 0.3 is 0 Å². The molecule has 0 aliphatic heterocycles. The van der Waals surface area contributed by atoms with E-state index in [0.717, 1.165) is 0 Å². The van der Waals surface area contributed by atoms with Crippen LogP contribution < -0.4 is 5.56 Å². The van der Waals surface area contributed by atoms with Crippen LogP contribution in [-0.2, 0) is 5.54 Å². The summed E-state index contributed by atoms with van der Waals surface area (Å²) in [7, 11) is 0. The molecule has 2 bridgehead atoms. The third-order valence-corrected chi connectivity index (χ3v) is 5.34. The van der Waals surface area contributed by atoms with Crippen LogP contribution in [0.4, 0.5) is 0 Å². The highest BCUT2D eigenvalue weighted by Gasteiger charge is 2.42. The third kappa shape index (κ3) is 1.19. The summed E-state index contributed by atoms with van der Waals surface area (Å²) in [4.78, 5) is 13.7. The summed E-state index contributed by atoms with van der Waals surface area (Å²) >= 11 is 1.72. The molecule has 15 heavy (non-hydrogen) atoms. The Hall–Kier alpha value is -0.570. The molecular weight excluding hydrogens is 206 g/mol. The Morgan fingerprint density at radius 3 is 2.53 bits per heavy atom. The van der Waals surface area contributed by atoms with Gasteiger partial charge < -0.3 is 0 Å². The Kier molecular flexibility index (Phi) is 1.77. The van der Waals surface area contributed by atoms with E-state index in [1.54, 1.807) is 11.5 Å². The van der Waals surface area contributed by atoms with Gasteiger partial charge in [-0.05, 0) is 51.9 Å². The van der Waals surface area contributed by atoms with Crippen LogP contribution in [0.25, 0.3) is 0 Å². The van der Waals surface area contributed by atoms with Crippen molar-refractivity contribution < 1.29 is 0 Å². The summed E-state index contributed by atoms with van der Waals surface area (Å²) in [6.07, 6.45) is 3.80. The van der Waals surface area contributed by atoms with Crippen molar-refractivity contribution in [3.63, 3.8) is 0 Å². The third-order valence-electron chi connectivity index (χ3n) is 3.69. The highest BCUT2D eigenvalue weighted by atomic mass is 32.1. The highest BCUT2D eigenvalue weighted by molar-refractivity contribution is 7.06. The molecular formula is C12H17NOS. The summed E-state index contributed by atoms with van der Waals surface area (Å²) in [6.45, 7) is 6.34. The Balaban J connectivity index is 2.21. The van der Waals surface area contributed by atoms with Crippen LogP contribution in [0.5, 0.6) is 0 Å². The Morgan fingerprint density at radius 1 is 1.27 bits per heavy atom. The molecule has 0 saturated heterocycles. The van der Waals surface area contributed by atoms with E-state index in [1.165, 1.54) is 29.7 Å². The zero-order chi connectivity index (χ0) is 10.8. The molecule has 1 saturated carbocycles. The van der Waals surface area contributed by atoms with Crippen molar-refractivity contribution >= 4 is 11.5 Å². The molecule has 2 aliphatic rings. The fraction of sp³-hybridized carbons (Fsp3) is 0.750. The number of hydrogen-bond donors (Lipinski definition) is 0. The first-order valence-electron chi connectivity index (χ1n) is 5.75. The molecule has 3 rings (SSSR count). The zero-order valence-electron chi connectivity index (χ0n) is 9.54. The molecule has 3 heteroatoms. The van der Waals surface area contributed by atoms with Gasteiger partial charge in [0.25, 0.3) is 5.56 Å². The molecule has 82 valence electrons. The lowest BCUT2D eigenvalue weighted by molar-refractivity contribution is 0.417. The maximum absolute atomic E-state index is 12.3. The largest absolute Gasteiger partial charge is 0.268 e. The van der Waals surface area contributed by atoms with E-state index in [-0.39, 0.29) is 5.54 Å². The van der Waals surface area contributed by atoms with E-state index in [0.29, 0.717) is 17.4 Å². The summed E-state index contributed by atoms with van der Waals surface area (Å²) in [6, 6.07) is 0. The van der Waals surface area contributed by atoms with Crippen LogP contribution in [0, 0.1) is 0 Å². The number of fused-ring (bicyclic) bond motifs is 5. The quantitative estimate of drug-likeness (QED) is 0.662. The summed E-state index contributed by atoms with van der Waals surface area (Å²) in [5.41, 5.74) is 1.42. The number of aromatic nitrogens is 1. The van der Waals surface area contributed by atoms with Crippen molar-refractivity contribution in [2.45, 2.75) is 57.4 Å². The molecule has 0 N–H and O–H groups in total.